The molecule has 7 nitrogen and oxygen atoms in total. The number of ether oxygens (including phenoxy) is 2. The Morgan fingerprint density at radius 3 is 2.15 bits per heavy atom. The topological polar surface area (TPSA) is 96.7 Å². The highest BCUT2D eigenvalue weighted by atomic mass is 16.6. The lowest BCUT2D eigenvalue weighted by Crippen LogP contribution is -2.36. The number of rotatable bonds is 6. The van der Waals surface area contributed by atoms with Crippen molar-refractivity contribution in [1.82, 2.24) is 4.90 Å². The van der Waals surface area contributed by atoms with Crippen molar-refractivity contribution < 1.29 is 23.9 Å². The molecule has 26 heavy (non-hydrogen) atoms. The highest BCUT2D eigenvalue weighted by Gasteiger charge is 2.36. The van der Waals surface area contributed by atoms with Gasteiger partial charge in [-0.2, -0.15) is 5.26 Å². The zero-order valence-electron chi connectivity index (χ0n) is 13.7. The molecule has 7 heteroatoms. The number of esters is 1. The molecule has 0 spiro atoms. The predicted molar refractivity (Wildman–Crippen MR) is 89.4 cm³/mol. The van der Waals surface area contributed by atoms with Crippen molar-refractivity contribution in [3.05, 3.63) is 65.2 Å². The number of carbonyl (C=O) groups excluding carboxylic acids is 3. The molecule has 0 radical (unpaired) electrons. The first-order chi connectivity index (χ1) is 12.6. The Morgan fingerprint density at radius 2 is 1.58 bits per heavy atom. The van der Waals surface area contributed by atoms with Crippen LogP contribution >= 0.6 is 0 Å². The van der Waals surface area contributed by atoms with Crippen molar-refractivity contribution in [3.8, 4) is 11.8 Å². The summed E-state index contributed by atoms with van der Waals surface area (Å²) in [6.45, 7) is -0.356. The fourth-order valence-corrected chi connectivity index (χ4v) is 2.50. The van der Waals surface area contributed by atoms with Crippen molar-refractivity contribution in [1.29, 1.82) is 5.26 Å². The molecule has 3 rings (SSSR count). The van der Waals surface area contributed by atoms with Crippen LogP contribution < -0.4 is 4.74 Å². The van der Waals surface area contributed by atoms with Gasteiger partial charge < -0.3 is 9.47 Å². The van der Waals surface area contributed by atoms with Crippen molar-refractivity contribution in [2.75, 3.05) is 19.8 Å². The maximum atomic E-state index is 12.2. The molecule has 2 aromatic rings. The van der Waals surface area contributed by atoms with Crippen LogP contribution in [0, 0.1) is 11.3 Å². The van der Waals surface area contributed by atoms with Crippen LogP contribution in [0.4, 0.5) is 0 Å². The summed E-state index contributed by atoms with van der Waals surface area (Å²) >= 11 is 0. The first-order valence-electron chi connectivity index (χ1n) is 7.84. The molecule has 0 aromatic heterocycles. The molecule has 0 saturated carbocycles. The minimum absolute atomic E-state index is 0.0258. The normalized spacial score (nSPS) is 12.5. The fourth-order valence-electron chi connectivity index (χ4n) is 2.50. The van der Waals surface area contributed by atoms with Crippen molar-refractivity contribution in [2.45, 2.75) is 0 Å². The Morgan fingerprint density at radius 1 is 0.962 bits per heavy atom. The number of nitriles is 1. The van der Waals surface area contributed by atoms with Gasteiger partial charge in [0.15, 0.2) is 0 Å². The SMILES string of the molecule is N#Cc1ccc(OCCOC(=O)CN2C(=O)c3ccccc3C2=O)cc1. The Balaban J connectivity index is 1.45. The molecule has 1 aliphatic heterocycles. The van der Waals surface area contributed by atoms with Crippen LogP contribution in [0.5, 0.6) is 5.75 Å². The van der Waals surface area contributed by atoms with Crippen LogP contribution in [0.2, 0.25) is 0 Å². The number of hydrogen-bond donors (Lipinski definition) is 0. The molecule has 0 saturated heterocycles. The van der Waals surface area contributed by atoms with Gasteiger partial charge in [0.2, 0.25) is 0 Å². The Bertz CT molecular complexity index is 864. The maximum Gasteiger partial charge on any atom is 0.326 e. The minimum atomic E-state index is -0.692. The summed E-state index contributed by atoms with van der Waals surface area (Å²) in [5, 5.41) is 8.72. The number of nitrogens with zero attached hydrogens (tertiary/aromatic N) is 2. The zero-order valence-corrected chi connectivity index (χ0v) is 13.7. The van der Waals surface area contributed by atoms with Gasteiger partial charge in [0, 0.05) is 0 Å². The number of benzene rings is 2. The number of hydrogen-bond acceptors (Lipinski definition) is 6. The van der Waals surface area contributed by atoms with Gasteiger partial charge in [-0.05, 0) is 36.4 Å². The fraction of sp³-hybridized carbons (Fsp3) is 0.158. The van der Waals surface area contributed by atoms with Crippen LogP contribution in [0.15, 0.2) is 48.5 Å². The molecule has 1 aliphatic rings. The van der Waals surface area contributed by atoms with Gasteiger partial charge in [-0.1, -0.05) is 12.1 Å². The minimum Gasteiger partial charge on any atom is -0.490 e. The van der Waals surface area contributed by atoms with E-state index in [1.165, 1.54) is 0 Å². The Kier molecular flexibility index (Phi) is 4.94. The van der Waals surface area contributed by atoms with Gasteiger partial charge >= 0.3 is 5.97 Å². The lowest BCUT2D eigenvalue weighted by Gasteiger charge is -2.13. The van der Waals surface area contributed by atoms with Gasteiger partial charge in [0.25, 0.3) is 11.8 Å². The molecule has 1 heterocycles. The van der Waals surface area contributed by atoms with E-state index in [1.54, 1.807) is 48.5 Å². The first kappa shape index (κ1) is 17.2. The summed E-state index contributed by atoms with van der Waals surface area (Å²) in [5.41, 5.74) is 1.09. The second-order valence-corrected chi connectivity index (χ2v) is 5.45. The molecule has 2 aromatic carbocycles. The molecular formula is C19H14N2O5. The van der Waals surface area contributed by atoms with Crippen LogP contribution in [-0.4, -0.2) is 42.4 Å². The lowest BCUT2D eigenvalue weighted by atomic mass is 10.1. The second kappa shape index (κ2) is 7.49. The van der Waals surface area contributed by atoms with E-state index in [0.717, 1.165) is 4.90 Å². The number of carbonyl (C=O) groups is 3. The van der Waals surface area contributed by atoms with E-state index in [4.69, 9.17) is 14.7 Å². The van der Waals surface area contributed by atoms with Crippen molar-refractivity contribution in [2.24, 2.45) is 0 Å². The Hall–Kier alpha value is -3.66. The third-order valence-electron chi connectivity index (χ3n) is 3.76. The summed E-state index contributed by atoms with van der Waals surface area (Å²) in [5.74, 6) is -1.16. The van der Waals surface area contributed by atoms with E-state index in [9.17, 15) is 14.4 Å². The third kappa shape index (κ3) is 3.54. The first-order valence-corrected chi connectivity index (χ1v) is 7.84. The lowest BCUT2D eigenvalue weighted by molar-refractivity contribution is -0.144. The number of amides is 2. The van der Waals surface area contributed by atoms with Crippen molar-refractivity contribution >= 4 is 17.8 Å². The molecule has 0 N–H and O–H groups in total. The van der Waals surface area contributed by atoms with E-state index in [0.29, 0.717) is 11.3 Å². The summed E-state index contributed by atoms with van der Waals surface area (Å²) in [4.78, 5) is 37.1. The highest BCUT2D eigenvalue weighted by Crippen LogP contribution is 2.22. The van der Waals surface area contributed by atoms with Crippen molar-refractivity contribution in [3.63, 3.8) is 0 Å². The monoisotopic (exact) mass is 350 g/mol. The average Bonchev–Trinajstić information content (AvgIpc) is 2.91. The van der Waals surface area contributed by atoms with Crippen LogP contribution in [-0.2, 0) is 9.53 Å². The quantitative estimate of drug-likeness (QED) is 0.447. The molecular weight excluding hydrogens is 336 g/mol. The van der Waals surface area contributed by atoms with Gasteiger partial charge in [-0.25, -0.2) is 0 Å². The Labute approximate surface area is 149 Å². The van der Waals surface area contributed by atoms with Crippen LogP contribution in [0.1, 0.15) is 26.3 Å². The molecule has 2 amide bonds. The van der Waals surface area contributed by atoms with Gasteiger partial charge in [0.1, 0.15) is 25.5 Å². The summed E-state index contributed by atoms with van der Waals surface area (Å²) < 4.78 is 10.4. The summed E-state index contributed by atoms with van der Waals surface area (Å²) in [7, 11) is 0. The van der Waals surface area contributed by atoms with E-state index in [2.05, 4.69) is 0 Å². The number of fused-ring (bicyclic) bond motifs is 1. The van der Waals surface area contributed by atoms with Crippen LogP contribution in [0.3, 0.4) is 0 Å². The number of imide groups is 1. The molecule has 0 fully saturated rings. The smallest absolute Gasteiger partial charge is 0.326 e. The second-order valence-electron chi connectivity index (χ2n) is 5.45. The summed E-state index contributed by atoms with van der Waals surface area (Å²) in [6.07, 6.45) is 0. The molecule has 0 atom stereocenters. The maximum absolute atomic E-state index is 12.2. The van der Waals surface area contributed by atoms with Crippen LogP contribution in [0.25, 0.3) is 0 Å². The summed E-state index contributed by atoms with van der Waals surface area (Å²) in [6, 6.07) is 14.9. The predicted octanol–water partition coefficient (Wildman–Crippen LogP) is 1.78. The molecule has 130 valence electrons. The van der Waals surface area contributed by atoms with E-state index in [1.807, 2.05) is 6.07 Å². The average molecular weight is 350 g/mol. The van der Waals surface area contributed by atoms with Gasteiger partial charge in [0.05, 0.1) is 22.8 Å². The van der Waals surface area contributed by atoms with E-state index in [-0.39, 0.29) is 24.3 Å². The zero-order chi connectivity index (χ0) is 18.5. The third-order valence-corrected chi connectivity index (χ3v) is 3.76. The van der Waals surface area contributed by atoms with Gasteiger partial charge in [-0.15, -0.1) is 0 Å². The van der Waals surface area contributed by atoms with E-state index >= 15 is 0 Å². The van der Waals surface area contributed by atoms with Gasteiger partial charge in [-0.3, -0.25) is 19.3 Å². The molecule has 0 unspecified atom stereocenters. The largest absolute Gasteiger partial charge is 0.490 e. The highest BCUT2D eigenvalue weighted by molar-refractivity contribution is 6.22. The molecule has 0 aliphatic carbocycles. The van der Waals surface area contributed by atoms with E-state index < -0.39 is 24.3 Å². The standard InChI is InChI=1S/C19H14N2O5/c20-11-13-5-7-14(8-6-13)25-9-10-26-17(22)12-21-18(23)15-3-1-2-4-16(15)19(21)24/h1-8H,9-10,12H2. The molecule has 0 bridgehead atoms.